The molecule has 0 aromatic carbocycles. The van der Waals surface area contributed by atoms with Crippen LogP contribution >= 0.6 is 35.3 Å². The molecule has 3 aromatic heterocycles. The van der Waals surface area contributed by atoms with Crippen molar-refractivity contribution in [3.05, 3.63) is 58.7 Å². The molecular formula is C18H24IN5S. The topological polar surface area (TPSA) is 53.7 Å². The van der Waals surface area contributed by atoms with Crippen LogP contribution in [0.4, 0.5) is 0 Å². The number of nitrogens with zero attached hydrogens (tertiary/aromatic N) is 3. The van der Waals surface area contributed by atoms with Gasteiger partial charge in [-0.15, -0.1) is 35.3 Å². The fourth-order valence-corrected chi connectivity index (χ4v) is 3.35. The second kappa shape index (κ2) is 9.76. The number of fused-ring (bicyclic) bond motifs is 1. The third-order valence-corrected chi connectivity index (χ3v) is 5.02. The molecule has 0 aliphatic rings. The Morgan fingerprint density at radius 2 is 2.16 bits per heavy atom. The van der Waals surface area contributed by atoms with E-state index in [4.69, 9.17) is 0 Å². The van der Waals surface area contributed by atoms with Crippen LogP contribution in [-0.2, 0) is 6.42 Å². The zero-order chi connectivity index (χ0) is 16.8. The molecular weight excluding hydrogens is 445 g/mol. The van der Waals surface area contributed by atoms with Gasteiger partial charge in [0, 0.05) is 49.7 Å². The lowest BCUT2D eigenvalue weighted by Gasteiger charge is -2.14. The molecule has 2 N–H and O–H groups in total. The number of hydrogen-bond donors (Lipinski definition) is 2. The number of halogens is 1. The summed E-state index contributed by atoms with van der Waals surface area (Å²) in [5, 5.41) is 8.86. The van der Waals surface area contributed by atoms with Crippen LogP contribution in [0.25, 0.3) is 5.65 Å². The van der Waals surface area contributed by atoms with E-state index in [1.54, 1.807) is 18.4 Å². The lowest BCUT2D eigenvalue weighted by molar-refractivity contribution is 0.706. The van der Waals surface area contributed by atoms with E-state index in [0.717, 1.165) is 36.8 Å². The summed E-state index contributed by atoms with van der Waals surface area (Å²) < 4.78 is 2.05. The van der Waals surface area contributed by atoms with Crippen molar-refractivity contribution in [3.63, 3.8) is 0 Å². The normalized spacial score (nSPS) is 12.6. The molecule has 0 fully saturated rings. The number of rotatable bonds is 6. The van der Waals surface area contributed by atoms with E-state index < -0.39 is 0 Å². The number of aromatic nitrogens is 2. The van der Waals surface area contributed by atoms with Gasteiger partial charge in [0.2, 0.25) is 0 Å². The molecule has 3 aromatic rings. The van der Waals surface area contributed by atoms with Crippen LogP contribution in [0.5, 0.6) is 0 Å². The summed E-state index contributed by atoms with van der Waals surface area (Å²) in [6.07, 6.45) is 4.96. The Balaban J connectivity index is 0.00000225. The number of hydrogen-bond acceptors (Lipinski definition) is 3. The Labute approximate surface area is 169 Å². The highest BCUT2D eigenvalue weighted by Crippen LogP contribution is 2.19. The number of imidazole rings is 1. The number of pyridine rings is 1. The average Bonchev–Trinajstić information content (AvgIpc) is 3.26. The highest BCUT2D eigenvalue weighted by molar-refractivity contribution is 14.0. The molecule has 134 valence electrons. The van der Waals surface area contributed by atoms with Crippen molar-refractivity contribution in [2.75, 3.05) is 20.1 Å². The first-order valence-electron chi connectivity index (χ1n) is 8.17. The molecule has 5 nitrogen and oxygen atoms in total. The third kappa shape index (κ3) is 5.43. The van der Waals surface area contributed by atoms with Crippen LogP contribution < -0.4 is 10.6 Å². The Kier molecular flexibility index (Phi) is 7.70. The fourth-order valence-electron chi connectivity index (χ4n) is 2.56. The third-order valence-electron chi connectivity index (χ3n) is 3.92. The Bertz CT molecular complexity index is 764. The molecule has 0 radical (unpaired) electrons. The summed E-state index contributed by atoms with van der Waals surface area (Å²) in [5.74, 6) is 1.31. The van der Waals surface area contributed by atoms with Crippen molar-refractivity contribution in [3.8, 4) is 0 Å². The van der Waals surface area contributed by atoms with Crippen LogP contribution in [0.15, 0.2) is 53.1 Å². The predicted molar refractivity (Wildman–Crippen MR) is 116 cm³/mol. The molecule has 0 saturated carbocycles. The van der Waals surface area contributed by atoms with Crippen LogP contribution in [-0.4, -0.2) is 35.5 Å². The lowest BCUT2D eigenvalue weighted by Crippen LogP contribution is -2.39. The summed E-state index contributed by atoms with van der Waals surface area (Å²) in [4.78, 5) is 10.3. The summed E-state index contributed by atoms with van der Waals surface area (Å²) in [6.45, 7) is 3.90. The summed E-state index contributed by atoms with van der Waals surface area (Å²) in [6, 6.07) is 10.3. The van der Waals surface area contributed by atoms with Crippen molar-refractivity contribution in [2.24, 2.45) is 4.99 Å². The molecule has 1 unspecified atom stereocenters. The number of thiophene rings is 1. The molecule has 0 spiro atoms. The molecule has 0 bridgehead atoms. The van der Waals surface area contributed by atoms with Gasteiger partial charge in [-0.05, 0) is 23.6 Å². The Hall–Kier alpha value is -1.61. The first-order chi connectivity index (χ1) is 11.8. The second-order valence-corrected chi connectivity index (χ2v) is 6.72. The summed E-state index contributed by atoms with van der Waals surface area (Å²) in [5.41, 5.74) is 2.07. The van der Waals surface area contributed by atoms with Gasteiger partial charge < -0.3 is 15.0 Å². The van der Waals surface area contributed by atoms with Crippen molar-refractivity contribution < 1.29 is 0 Å². The minimum atomic E-state index is 0. The summed E-state index contributed by atoms with van der Waals surface area (Å²) in [7, 11) is 1.80. The van der Waals surface area contributed by atoms with Crippen LogP contribution in [0, 0.1) is 0 Å². The van der Waals surface area contributed by atoms with E-state index >= 15 is 0 Å². The molecule has 7 heteroatoms. The van der Waals surface area contributed by atoms with Crippen LogP contribution in [0.2, 0.25) is 0 Å². The Morgan fingerprint density at radius 1 is 1.28 bits per heavy atom. The molecule has 0 amide bonds. The van der Waals surface area contributed by atoms with E-state index in [1.807, 2.05) is 28.8 Å². The smallest absolute Gasteiger partial charge is 0.191 e. The van der Waals surface area contributed by atoms with Gasteiger partial charge in [0.1, 0.15) is 5.65 Å². The average molecular weight is 469 g/mol. The molecule has 1 atom stereocenters. The molecule has 0 saturated heterocycles. The van der Waals surface area contributed by atoms with Crippen LogP contribution in [0.3, 0.4) is 0 Å². The lowest BCUT2D eigenvalue weighted by atomic mass is 10.1. The van der Waals surface area contributed by atoms with Crippen molar-refractivity contribution in [1.82, 2.24) is 20.0 Å². The van der Waals surface area contributed by atoms with Gasteiger partial charge in [0.25, 0.3) is 0 Å². The van der Waals surface area contributed by atoms with E-state index in [0.29, 0.717) is 5.92 Å². The Morgan fingerprint density at radius 3 is 2.88 bits per heavy atom. The monoisotopic (exact) mass is 469 g/mol. The van der Waals surface area contributed by atoms with Crippen LogP contribution in [0.1, 0.15) is 23.4 Å². The maximum atomic E-state index is 4.61. The van der Waals surface area contributed by atoms with Crippen molar-refractivity contribution in [2.45, 2.75) is 19.3 Å². The van der Waals surface area contributed by atoms with Gasteiger partial charge in [-0.2, -0.15) is 0 Å². The SMILES string of the molecule is CN=C(NCCc1cn2ccccc2n1)NCC(C)c1cccs1.I. The number of aliphatic imine (C=N–C) groups is 1. The zero-order valence-corrected chi connectivity index (χ0v) is 17.6. The maximum absolute atomic E-state index is 4.61. The van der Waals surface area contributed by atoms with Crippen molar-refractivity contribution >= 4 is 46.9 Å². The van der Waals surface area contributed by atoms with Gasteiger partial charge in [-0.3, -0.25) is 4.99 Å². The van der Waals surface area contributed by atoms with Gasteiger partial charge in [0.15, 0.2) is 5.96 Å². The van der Waals surface area contributed by atoms with Gasteiger partial charge >= 0.3 is 0 Å². The maximum Gasteiger partial charge on any atom is 0.191 e. The first kappa shape index (κ1) is 19.7. The fraction of sp³-hybridized carbons (Fsp3) is 0.333. The molecule has 0 aliphatic carbocycles. The predicted octanol–water partition coefficient (Wildman–Crippen LogP) is 3.53. The van der Waals surface area contributed by atoms with Crippen molar-refractivity contribution in [1.29, 1.82) is 0 Å². The van der Waals surface area contributed by atoms with E-state index in [9.17, 15) is 0 Å². The minimum Gasteiger partial charge on any atom is -0.356 e. The van der Waals surface area contributed by atoms with E-state index in [1.165, 1.54) is 4.88 Å². The highest BCUT2D eigenvalue weighted by Gasteiger charge is 2.07. The molecule has 3 heterocycles. The largest absolute Gasteiger partial charge is 0.356 e. The minimum absolute atomic E-state index is 0. The molecule has 0 aliphatic heterocycles. The molecule has 25 heavy (non-hydrogen) atoms. The standard InChI is InChI=1S/C18H23N5S.HI/c1-14(16-6-5-11-24-16)12-21-18(19-2)20-9-8-15-13-23-10-4-3-7-17(23)22-15;/h3-7,10-11,13-14H,8-9,12H2,1-2H3,(H2,19,20,21);1H. The summed E-state index contributed by atoms with van der Waals surface area (Å²) >= 11 is 1.80. The number of nitrogens with one attached hydrogen (secondary N) is 2. The quantitative estimate of drug-likeness (QED) is 0.330. The van der Waals surface area contributed by atoms with Gasteiger partial charge in [-0.1, -0.05) is 19.1 Å². The first-order valence-corrected chi connectivity index (χ1v) is 9.05. The van der Waals surface area contributed by atoms with E-state index in [2.05, 4.69) is 51.2 Å². The second-order valence-electron chi connectivity index (χ2n) is 5.74. The molecule has 3 rings (SSSR count). The van der Waals surface area contributed by atoms with E-state index in [-0.39, 0.29) is 24.0 Å². The zero-order valence-electron chi connectivity index (χ0n) is 14.5. The highest BCUT2D eigenvalue weighted by atomic mass is 127. The van der Waals surface area contributed by atoms with Gasteiger partial charge in [0.05, 0.1) is 5.69 Å². The number of guanidine groups is 1. The van der Waals surface area contributed by atoms with Gasteiger partial charge in [-0.25, -0.2) is 4.98 Å².